The van der Waals surface area contributed by atoms with Crippen LogP contribution in [-0.4, -0.2) is 38.9 Å². The number of piperazine rings is 1. The highest BCUT2D eigenvalue weighted by molar-refractivity contribution is 7.89. The normalized spacial score (nSPS) is 16.7. The molecule has 1 aliphatic rings. The lowest BCUT2D eigenvalue weighted by Crippen LogP contribution is -2.48. The zero-order valence-corrected chi connectivity index (χ0v) is 13.5. The Hall–Kier alpha value is -1.85. The van der Waals surface area contributed by atoms with E-state index in [2.05, 4.69) is 17.0 Å². The molecule has 5 heteroatoms. The number of hydrogen-bond donors (Lipinski definition) is 0. The van der Waals surface area contributed by atoms with Crippen LogP contribution in [-0.2, 0) is 10.0 Å². The molecule has 116 valence electrons. The molecule has 22 heavy (non-hydrogen) atoms. The van der Waals surface area contributed by atoms with Gasteiger partial charge in [-0.3, -0.25) is 0 Å². The van der Waals surface area contributed by atoms with Crippen LogP contribution in [0.5, 0.6) is 0 Å². The molecule has 2 aromatic rings. The second-order valence-electron chi connectivity index (χ2n) is 5.54. The number of sulfonamides is 1. The minimum absolute atomic E-state index is 0.381. The van der Waals surface area contributed by atoms with E-state index < -0.39 is 10.0 Å². The molecule has 1 heterocycles. The first kappa shape index (κ1) is 15.1. The van der Waals surface area contributed by atoms with Crippen LogP contribution in [0.25, 0.3) is 0 Å². The summed E-state index contributed by atoms with van der Waals surface area (Å²) in [6.07, 6.45) is 0. The molecule has 0 aromatic heterocycles. The third-order valence-corrected chi connectivity index (χ3v) is 5.93. The standard InChI is InChI=1S/C17H20N2O2S/c1-15-7-9-17(10-8-15)22(20,21)19-13-11-18(12-14-19)16-5-3-2-4-6-16/h2-10H,11-14H2,1H3. The van der Waals surface area contributed by atoms with Gasteiger partial charge in [-0.2, -0.15) is 4.31 Å². The highest BCUT2D eigenvalue weighted by atomic mass is 32.2. The van der Waals surface area contributed by atoms with Gasteiger partial charge in [-0.25, -0.2) is 8.42 Å². The summed E-state index contributed by atoms with van der Waals surface area (Å²) in [6, 6.07) is 17.2. The molecule has 0 amide bonds. The highest BCUT2D eigenvalue weighted by Crippen LogP contribution is 2.21. The molecule has 3 rings (SSSR count). The minimum atomic E-state index is -3.38. The number of rotatable bonds is 3. The SMILES string of the molecule is Cc1ccc(S(=O)(=O)N2CCN(c3ccccc3)CC2)cc1. The molecule has 0 unspecified atom stereocenters. The van der Waals surface area contributed by atoms with Crippen molar-refractivity contribution < 1.29 is 8.42 Å². The van der Waals surface area contributed by atoms with Gasteiger partial charge in [0.1, 0.15) is 0 Å². The molecule has 0 saturated carbocycles. The van der Waals surface area contributed by atoms with Crippen LogP contribution in [0.1, 0.15) is 5.56 Å². The number of hydrogen-bond acceptors (Lipinski definition) is 3. The smallest absolute Gasteiger partial charge is 0.243 e. The van der Waals surface area contributed by atoms with Crippen LogP contribution in [0.15, 0.2) is 59.5 Å². The fourth-order valence-corrected chi connectivity index (χ4v) is 4.11. The first-order valence-electron chi connectivity index (χ1n) is 7.44. The lowest BCUT2D eigenvalue weighted by molar-refractivity contribution is 0.385. The predicted octanol–water partition coefficient (Wildman–Crippen LogP) is 2.51. The van der Waals surface area contributed by atoms with Crippen molar-refractivity contribution in [3.8, 4) is 0 Å². The maximum Gasteiger partial charge on any atom is 0.243 e. The third kappa shape index (κ3) is 3.00. The second-order valence-corrected chi connectivity index (χ2v) is 7.48. The fraction of sp³-hybridized carbons (Fsp3) is 0.294. The summed E-state index contributed by atoms with van der Waals surface area (Å²) in [5.74, 6) is 0. The van der Waals surface area contributed by atoms with Crippen molar-refractivity contribution in [3.05, 3.63) is 60.2 Å². The Kier molecular flexibility index (Phi) is 4.18. The van der Waals surface area contributed by atoms with Gasteiger partial charge in [0.15, 0.2) is 0 Å². The van der Waals surface area contributed by atoms with Crippen molar-refractivity contribution in [2.24, 2.45) is 0 Å². The summed E-state index contributed by atoms with van der Waals surface area (Å²) < 4.78 is 26.9. The summed E-state index contributed by atoms with van der Waals surface area (Å²) in [4.78, 5) is 2.60. The van der Waals surface area contributed by atoms with Crippen molar-refractivity contribution in [1.29, 1.82) is 0 Å². The van der Waals surface area contributed by atoms with Crippen molar-refractivity contribution in [2.75, 3.05) is 31.1 Å². The van der Waals surface area contributed by atoms with E-state index in [-0.39, 0.29) is 0 Å². The maximum absolute atomic E-state index is 12.6. The van der Waals surface area contributed by atoms with Gasteiger partial charge < -0.3 is 4.90 Å². The minimum Gasteiger partial charge on any atom is -0.369 e. The third-order valence-electron chi connectivity index (χ3n) is 4.02. The van der Waals surface area contributed by atoms with Crippen molar-refractivity contribution in [2.45, 2.75) is 11.8 Å². The van der Waals surface area contributed by atoms with Gasteiger partial charge in [-0.05, 0) is 31.2 Å². The van der Waals surface area contributed by atoms with Gasteiger partial charge in [0.05, 0.1) is 4.90 Å². The van der Waals surface area contributed by atoms with Gasteiger partial charge in [-0.1, -0.05) is 35.9 Å². The van der Waals surface area contributed by atoms with Gasteiger partial charge >= 0.3 is 0 Å². The Labute approximate surface area is 132 Å². The van der Waals surface area contributed by atoms with Gasteiger partial charge in [0.25, 0.3) is 0 Å². The summed E-state index contributed by atoms with van der Waals surface area (Å²) in [5.41, 5.74) is 2.21. The summed E-state index contributed by atoms with van der Waals surface area (Å²) >= 11 is 0. The van der Waals surface area contributed by atoms with E-state index in [1.54, 1.807) is 16.4 Å². The number of anilines is 1. The van der Waals surface area contributed by atoms with Crippen LogP contribution < -0.4 is 4.90 Å². The molecule has 0 atom stereocenters. The molecular formula is C17H20N2O2S. The maximum atomic E-state index is 12.6. The van der Waals surface area contributed by atoms with Crippen molar-refractivity contribution >= 4 is 15.7 Å². The van der Waals surface area contributed by atoms with E-state index in [0.717, 1.165) is 24.3 Å². The monoisotopic (exact) mass is 316 g/mol. The average molecular weight is 316 g/mol. The Balaban J connectivity index is 1.72. The molecule has 1 saturated heterocycles. The fourth-order valence-electron chi connectivity index (χ4n) is 2.68. The number of aryl methyl sites for hydroxylation is 1. The molecular weight excluding hydrogens is 296 g/mol. The quantitative estimate of drug-likeness (QED) is 0.873. The van der Waals surface area contributed by atoms with Crippen LogP contribution in [0.4, 0.5) is 5.69 Å². The predicted molar refractivity (Wildman–Crippen MR) is 88.6 cm³/mol. The van der Waals surface area contributed by atoms with E-state index in [9.17, 15) is 8.42 Å². The molecule has 0 bridgehead atoms. The van der Waals surface area contributed by atoms with E-state index >= 15 is 0 Å². The molecule has 0 aliphatic carbocycles. The molecule has 4 nitrogen and oxygen atoms in total. The second kappa shape index (κ2) is 6.10. The first-order valence-corrected chi connectivity index (χ1v) is 8.88. The van der Waals surface area contributed by atoms with Gasteiger partial charge in [-0.15, -0.1) is 0 Å². The topological polar surface area (TPSA) is 40.6 Å². The van der Waals surface area contributed by atoms with Gasteiger partial charge in [0.2, 0.25) is 10.0 Å². The van der Waals surface area contributed by atoms with Gasteiger partial charge in [0, 0.05) is 31.9 Å². The van der Waals surface area contributed by atoms with E-state index in [1.807, 2.05) is 37.3 Å². The molecule has 0 spiro atoms. The Bertz CT molecular complexity index is 719. The lowest BCUT2D eigenvalue weighted by atomic mass is 10.2. The molecule has 1 fully saturated rings. The van der Waals surface area contributed by atoms with E-state index in [4.69, 9.17) is 0 Å². The number of nitrogens with zero attached hydrogens (tertiary/aromatic N) is 2. The van der Waals surface area contributed by atoms with Crippen molar-refractivity contribution in [3.63, 3.8) is 0 Å². The van der Waals surface area contributed by atoms with Crippen LogP contribution in [0, 0.1) is 6.92 Å². The zero-order valence-electron chi connectivity index (χ0n) is 12.6. The zero-order chi connectivity index (χ0) is 15.6. The van der Waals surface area contributed by atoms with Crippen molar-refractivity contribution in [1.82, 2.24) is 4.31 Å². The first-order chi connectivity index (χ1) is 10.6. The Morgan fingerprint density at radius 2 is 1.41 bits per heavy atom. The molecule has 0 radical (unpaired) electrons. The Morgan fingerprint density at radius 3 is 2.00 bits per heavy atom. The largest absolute Gasteiger partial charge is 0.369 e. The summed E-state index contributed by atoms with van der Waals surface area (Å²) in [6.45, 7) is 4.43. The summed E-state index contributed by atoms with van der Waals surface area (Å²) in [7, 11) is -3.38. The van der Waals surface area contributed by atoms with E-state index in [1.165, 1.54) is 0 Å². The van der Waals surface area contributed by atoms with Crippen LogP contribution in [0.2, 0.25) is 0 Å². The number of para-hydroxylation sites is 1. The molecule has 2 aromatic carbocycles. The average Bonchev–Trinajstić information content (AvgIpc) is 2.56. The summed E-state index contributed by atoms with van der Waals surface area (Å²) in [5, 5.41) is 0. The van der Waals surface area contributed by atoms with Crippen LogP contribution in [0.3, 0.4) is 0 Å². The lowest BCUT2D eigenvalue weighted by Gasteiger charge is -2.35. The Morgan fingerprint density at radius 1 is 0.818 bits per heavy atom. The van der Waals surface area contributed by atoms with E-state index in [0.29, 0.717) is 18.0 Å². The molecule has 0 N–H and O–H groups in total. The highest BCUT2D eigenvalue weighted by Gasteiger charge is 2.28. The number of benzene rings is 2. The van der Waals surface area contributed by atoms with Crippen LogP contribution >= 0.6 is 0 Å². The molecule has 1 aliphatic heterocycles.